The number of carboxylic acid groups (broad SMARTS) is 1. The molecule has 1 aliphatic heterocycles. The Morgan fingerprint density at radius 1 is 1.05 bits per heavy atom. The summed E-state index contributed by atoms with van der Waals surface area (Å²) >= 11 is 0. The van der Waals surface area contributed by atoms with Crippen molar-refractivity contribution in [3.8, 4) is 11.8 Å². The van der Waals surface area contributed by atoms with Crippen LogP contribution >= 0.6 is 0 Å². The van der Waals surface area contributed by atoms with Gasteiger partial charge in [-0.3, -0.25) is 4.79 Å². The fourth-order valence-corrected chi connectivity index (χ4v) is 6.81. The van der Waals surface area contributed by atoms with E-state index in [1.807, 2.05) is 59.0 Å². The van der Waals surface area contributed by atoms with E-state index < -0.39 is 35.5 Å². The van der Waals surface area contributed by atoms with Gasteiger partial charge in [-0.15, -0.1) is 0 Å². The van der Waals surface area contributed by atoms with Crippen molar-refractivity contribution in [3.63, 3.8) is 0 Å². The highest BCUT2D eigenvalue weighted by molar-refractivity contribution is 5.87. The number of hydrogen-bond acceptors (Lipinski definition) is 7. The number of rotatable bonds is 9. The van der Waals surface area contributed by atoms with Gasteiger partial charge in [-0.05, 0) is 61.3 Å². The van der Waals surface area contributed by atoms with Gasteiger partial charge in [-0.1, -0.05) is 60.8 Å². The van der Waals surface area contributed by atoms with Crippen molar-refractivity contribution in [1.29, 1.82) is 0 Å². The molecule has 4 rings (SSSR count). The largest absolute Gasteiger partial charge is 0.481 e. The van der Waals surface area contributed by atoms with Crippen molar-refractivity contribution in [2.45, 2.75) is 124 Å². The molecule has 0 radical (unpaired) electrons. The molecule has 9 nitrogen and oxygen atoms in total. The molecule has 0 unspecified atom stereocenters. The average molecular weight is 610 g/mol. The summed E-state index contributed by atoms with van der Waals surface area (Å²) in [5, 5.41) is 10.8. The van der Waals surface area contributed by atoms with E-state index in [9.17, 15) is 14.7 Å². The third-order valence-electron chi connectivity index (χ3n) is 8.95. The Morgan fingerprint density at radius 2 is 1.73 bits per heavy atom. The molecule has 1 saturated heterocycles. The van der Waals surface area contributed by atoms with Crippen LogP contribution in [0.1, 0.15) is 110 Å². The minimum Gasteiger partial charge on any atom is -0.481 e. The molecule has 242 valence electrons. The molecule has 1 aliphatic carbocycles. The Bertz CT molecular complexity index is 1310. The van der Waals surface area contributed by atoms with Gasteiger partial charge < -0.3 is 24.2 Å². The minimum absolute atomic E-state index is 0.129. The standard InChI is InChI=1S/C35H51N3O6/c1-21(2)44-31-25(16-13-17-36-31)27-29(43-20-23-18-24(34(3,4)5)19-37-30(23)42-9)26(35(6,7)8)28(33(40)41)38(27)32(39)22-14-11-10-12-15-22/h13,16-19,21-22,26-29H,10-12,14-15,20H2,1-9H3,(H,40,41)/t26-,27+,28+,29+/m1/s1. The van der Waals surface area contributed by atoms with Gasteiger partial charge in [-0.2, -0.15) is 0 Å². The lowest BCUT2D eigenvalue weighted by atomic mass is 9.73. The number of carboxylic acids is 1. The van der Waals surface area contributed by atoms with E-state index in [1.165, 1.54) is 0 Å². The highest BCUT2D eigenvalue weighted by atomic mass is 16.5. The summed E-state index contributed by atoms with van der Waals surface area (Å²) in [6.45, 7) is 16.4. The van der Waals surface area contributed by atoms with Crippen molar-refractivity contribution >= 4 is 11.9 Å². The summed E-state index contributed by atoms with van der Waals surface area (Å²) in [6.07, 6.45) is 7.14. The van der Waals surface area contributed by atoms with Gasteiger partial charge in [0.15, 0.2) is 0 Å². The first kappa shape index (κ1) is 33.7. The molecule has 1 N–H and O–H groups in total. The third-order valence-corrected chi connectivity index (χ3v) is 8.95. The number of methoxy groups -OCH3 is 1. The number of nitrogens with zero attached hydrogens (tertiary/aromatic N) is 3. The second kappa shape index (κ2) is 13.4. The fourth-order valence-electron chi connectivity index (χ4n) is 6.81. The first-order valence-electron chi connectivity index (χ1n) is 16.0. The SMILES string of the molecule is COc1ncc(C(C)(C)C)cc1CO[C@H]1[C@H](C(C)(C)C)[C@@H](C(=O)O)N(C(=O)C2CCCCC2)[C@H]1c1cccnc1OC(C)C. The molecule has 0 bridgehead atoms. The van der Waals surface area contributed by atoms with Crippen molar-refractivity contribution in [1.82, 2.24) is 14.9 Å². The quantitative estimate of drug-likeness (QED) is 0.333. The first-order valence-corrected chi connectivity index (χ1v) is 16.0. The smallest absolute Gasteiger partial charge is 0.326 e. The van der Waals surface area contributed by atoms with Crippen LogP contribution in [0.15, 0.2) is 30.6 Å². The van der Waals surface area contributed by atoms with Gasteiger partial charge in [-0.25, -0.2) is 14.8 Å². The summed E-state index contributed by atoms with van der Waals surface area (Å²) in [5.41, 5.74) is 1.78. The van der Waals surface area contributed by atoms with Crippen molar-refractivity contribution < 1.29 is 28.9 Å². The zero-order valence-electron chi connectivity index (χ0n) is 27.9. The summed E-state index contributed by atoms with van der Waals surface area (Å²) in [7, 11) is 1.58. The normalized spacial score (nSPS) is 23.2. The Balaban J connectivity index is 1.89. The number of aromatic nitrogens is 2. The Hall–Kier alpha value is -3.20. The fraction of sp³-hybridized carbons (Fsp3) is 0.657. The number of aliphatic carboxylic acids is 1. The van der Waals surface area contributed by atoms with Crippen molar-refractivity contribution in [3.05, 3.63) is 47.3 Å². The molecule has 2 fully saturated rings. The molecule has 4 atom stereocenters. The van der Waals surface area contributed by atoms with Gasteiger partial charge in [0.1, 0.15) is 6.04 Å². The Kier molecular flexibility index (Phi) is 10.3. The van der Waals surface area contributed by atoms with E-state index in [1.54, 1.807) is 18.2 Å². The maximum Gasteiger partial charge on any atom is 0.326 e. The Morgan fingerprint density at radius 3 is 2.30 bits per heavy atom. The first-order chi connectivity index (χ1) is 20.6. The number of carbonyl (C=O) groups is 2. The molecule has 1 saturated carbocycles. The molecule has 9 heteroatoms. The van der Waals surface area contributed by atoms with Crippen LogP contribution in [0.5, 0.6) is 11.8 Å². The lowest BCUT2D eigenvalue weighted by molar-refractivity contribution is -0.154. The van der Waals surface area contributed by atoms with E-state index >= 15 is 0 Å². The van der Waals surface area contributed by atoms with Crippen LogP contribution in [-0.2, 0) is 26.3 Å². The molecule has 0 spiro atoms. The lowest BCUT2D eigenvalue weighted by Gasteiger charge is -2.35. The van der Waals surface area contributed by atoms with Crippen LogP contribution in [0, 0.1) is 17.3 Å². The van der Waals surface area contributed by atoms with E-state index in [0.29, 0.717) is 17.3 Å². The second-order valence-corrected chi connectivity index (χ2v) is 14.7. The number of amides is 1. The van der Waals surface area contributed by atoms with Gasteiger partial charge >= 0.3 is 5.97 Å². The molecule has 2 aromatic rings. The average Bonchev–Trinajstić information content (AvgIpc) is 3.31. The van der Waals surface area contributed by atoms with Gasteiger partial charge in [0.2, 0.25) is 17.7 Å². The van der Waals surface area contributed by atoms with Crippen LogP contribution in [0.4, 0.5) is 0 Å². The van der Waals surface area contributed by atoms with E-state index in [4.69, 9.17) is 14.2 Å². The number of ether oxygens (including phenoxy) is 3. The summed E-state index contributed by atoms with van der Waals surface area (Å²) < 4.78 is 18.6. The van der Waals surface area contributed by atoms with E-state index in [2.05, 4.69) is 30.7 Å². The summed E-state index contributed by atoms with van der Waals surface area (Å²) in [5.74, 6) is -1.09. The highest BCUT2D eigenvalue weighted by Crippen LogP contribution is 2.52. The number of pyridine rings is 2. The number of likely N-dealkylation sites (tertiary alicyclic amines) is 1. The molecule has 2 aromatic heterocycles. The molecule has 44 heavy (non-hydrogen) atoms. The number of hydrogen-bond donors (Lipinski definition) is 1. The maximum atomic E-state index is 14.5. The van der Waals surface area contributed by atoms with Gasteiger partial charge in [0.25, 0.3) is 0 Å². The van der Waals surface area contributed by atoms with E-state index in [0.717, 1.165) is 43.2 Å². The monoisotopic (exact) mass is 609 g/mol. The van der Waals surface area contributed by atoms with Crippen molar-refractivity contribution in [2.75, 3.05) is 7.11 Å². The number of carbonyl (C=O) groups excluding carboxylic acids is 1. The highest BCUT2D eigenvalue weighted by Gasteiger charge is 2.60. The van der Waals surface area contributed by atoms with Gasteiger partial charge in [0.05, 0.1) is 32.0 Å². The van der Waals surface area contributed by atoms with Crippen LogP contribution in [-0.4, -0.2) is 57.2 Å². The predicted molar refractivity (Wildman–Crippen MR) is 169 cm³/mol. The zero-order valence-corrected chi connectivity index (χ0v) is 27.9. The molecule has 0 aromatic carbocycles. The molecular formula is C35H51N3O6. The zero-order chi connectivity index (χ0) is 32.4. The molecule has 3 heterocycles. The molecular weight excluding hydrogens is 558 g/mol. The summed E-state index contributed by atoms with van der Waals surface area (Å²) in [4.78, 5) is 38.5. The van der Waals surface area contributed by atoms with Crippen molar-refractivity contribution in [2.24, 2.45) is 17.3 Å². The van der Waals surface area contributed by atoms with Crippen LogP contribution < -0.4 is 9.47 Å². The van der Waals surface area contributed by atoms with E-state index in [-0.39, 0.29) is 30.0 Å². The maximum absolute atomic E-state index is 14.5. The minimum atomic E-state index is -1.09. The Labute approximate surface area is 262 Å². The third kappa shape index (κ3) is 7.19. The predicted octanol–water partition coefficient (Wildman–Crippen LogP) is 6.73. The van der Waals surface area contributed by atoms with Crippen LogP contribution in [0.2, 0.25) is 0 Å². The van der Waals surface area contributed by atoms with Crippen LogP contribution in [0.3, 0.4) is 0 Å². The lowest BCUT2D eigenvalue weighted by Crippen LogP contribution is -2.49. The second-order valence-electron chi connectivity index (χ2n) is 14.7. The van der Waals surface area contributed by atoms with Gasteiger partial charge in [0, 0.05) is 35.4 Å². The molecule has 2 aliphatic rings. The van der Waals surface area contributed by atoms with Crippen LogP contribution in [0.25, 0.3) is 0 Å². The summed E-state index contributed by atoms with van der Waals surface area (Å²) in [6, 6.07) is 3.93. The topological polar surface area (TPSA) is 111 Å². The molecule has 1 amide bonds.